The molecule has 1 saturated heterocycles. The van der Waals surface area contributed by atoms with Crippen molar-refractivity contribution in [3.8, 4) is 5.75 Å². The Morgan fingerprint density at radius 3 is 2.85 bits per heavy atom. The molecule has 0 spiro atoms. The second-order valence-corrected chi connectivity index (χ2v) is 4.95. The van der Waals surface area contributed by atoms with Crippen molar-refractivity contribution in [2.75, 3.05) is 20.3 Å². The molecule has 0 aromatic heterocycles. The third-order valence-electron chi connectivity index (χ3n) is 3.42. The van der Waals surface area contributed by atoms with Gasteiger partial charge < -0.3 is 24.3 Å². The van der Waals surface area contributed by atoms with Gasteiger partial charge in [0.2, 0.25) is 0 Å². The van der Waals surface area contributed by atoms with E-state index in [2.05, 4.69) is 0 Å². The van der Waals surface area contributed by atoms with Gasteiger partial charge in [-0.2, -0.15) is 0 Å². The van der Waals surface area contributed by atoms with Crippen LogP contribution >= 0.6 is 0 Å². The SMILES string of the molecule is COc1ccc(COCC2CCCCO2)cc1B(O)O. The molecule has 1 atom stereocenters. The molecule has 0 bridgehead atoms. The summed E-state index contributed by atoms with van der Waals surface area (Å²) in [5, 5.41) is 18.6. The maximum absolute atomic E-state index is 9.30. The van der Waals surface area contributed by atoms with Gasteiger partial charge in [0.15, 0.2) is 0 Å². The molecule has 6 heteroatoms. The van der Waals surface area contributed by atoms with Gasteiger partial charge in [0.05, 0.1) is 26.4 Å². The number of benzene rings is 1. The van der Waals surface area contributed by atoms with Crippen LogP contribution in [0.1, 0.15) is 24.8 Å². The zero-order valence-electron chi connectivity index (χ0n) is 11.7. The lowest BCUT2D eigenvalue weighted by Gasteiger charge is -2.22. The van der Waals surface area contributed by atoms with Crippen molar-refractivity contribution < 1.29 is 24.3 Å². The molecular formula is C14H21BO5. The van der Waals surface area contributed by atoms with Gasteiger partial charge in [-0.15, -0.1) is 0 Å². The van der Waals surface area contributed by atoms with Crippen LogP contribution < -0.4 is 10.2 Å². The van der Waals surface area contributed by atoms with Gasteiger partial charge in [-0.25, -0.2) is 0 Å². The average Bonchev–Trinajstić information content (AvgIpc) is 2.48. The van der Waals surface area contributed by atoms with Crippen LogP contribution in [0.25, 0.3) is 0 Å². The summed E-state index contributed by atoms with van der Waals surface area (Å²) in [6.45, 7) is 1.81. The van der Waals surface area contributed by atoms with Crippen molar-refractivity contribution in [1.29, 1.82) is 0 Å². The normalized spacial score (nSPS) is 18.9. The zero-order valence-corrected chi connectivity index (χ0v) is 11.7. The lowest BCUT2D eigenvalue weighted by atomic mass is 9.79. The lowest BCUT2D eigenvalue weighted by molar-refractivity contribution is -0.0447. The summed E-state index contributed by atoms with van der Waals surface area (Å²) < 4.78 is 16.3. The van der Waals surface area contributed by atoms with E-state index in [4.69, 9.17) is 14.2 Å². The largest absolute Gasteiger partial charge is 0.497 e. The molecule has 0 aliphatic carbocycles. The van der Waals surface area contributed by atoms with Gasteiger partial charge in [0.1, 0.15) is 5.75 Å². The van der Waals surface area contributed by atoms with Gasteiger partial charge in [0.25, 0.3) is 0 Å². The standard InChI is InChI=1S/C14H21BO5/c1-18-14-6-5-11(8-13(14)15(16)17)9-19-10-12-4-2-3-7-20-12/h5-6,8,12,16-17H,2-4,7,9-10H2,1H3. The molecule has 0 radical (unpaired) electrons. The van der Waals surface area contributed by atoms with Crippen LogP contribution in [0.15, 0.2) is 18.2 Å². The Balaban J connectivity index is 1.87. The predicted molar refractivity (Wildman–Crippen MR) is 76.1 cm³/mol. The molecule has 1 aliphatic rings. The minimum atomic E-state index is -1.55. The molecule has 1 heterocycles. The second kappa shape index (κ2) is 7.64. The highest BCUT2D eigenvalue weighted by Gasteiger charge is 2.18. The third-order valence-corrected chi connectivity index (χ3v) is 3.42. The molecule has 20 heavy (non-hydrogen) atoms. The minimum absolute atomic E-state index is 0.185. The Bertz CT molecular complexity index is 418. The summed E-state index contributed by atoms with van der Waals surface area (Å²) in [5.74, 6) is 0.458. The highest BCUT2D eigenvalue weighted by Crippen LogP contribution is 2.14. The zero-order chi connectivity index (χ0) is 14.4. The van der Waals surface area contributed by atoms with Crippen molar-refractivity contribution in [3.05, 3.63) is 23.8 Å². The van der Waals surface area contributed by atoms with Gasteiger partial charge in [-0.1, -0.05) is 12.1 Å². The highest BCUT2D eigenvalue weighted by atomic mass is 16.5. The highest BCUT2D eigenvalue weighted by molar-refractivity contribution is 6.59. The fourth-order valence-electron chi connectivity index (χ4n) is 2.32. The Hall–Kier alpha value is -1.08. The smallest absolute Gasteiger partial charge is 0.492 e. The van der Waals surface area contributed by atoms with Gasteiger partial charge >= 0.3 is 7.12 Å². The minimum Gasteiger partial charge on any atom is -0.497 e. The Morgan fingerprint density at radius 1 is 1.35 bits per heavy atom. The van der Waals surface area contributed by atoms with Crippen molar-refractivity contribution in [1.82, 2.24) is 0 Å². The summed E-state index contributed by atoms with van der Waals surface area (Å²) in [6, 6.07) is 5.25. The number of hydrogen-bond acceptors (Lipinski definition) is 5. The van der Waals surface area contributed by atoms with E-state index in [9.17, 15) is 10.0 Å². The maximum atomic E-state index is 9.30. The van der Waals surface area contributed by atoms with Crippen LogP contribution in [0, 0.1) is 0 Å². The average molecular weight is 280 g/mol. The fraction of sp³-hybridized carbons (Fsp3) is 0.571. The first-order valence-electron chi connectivity index (χ1n) is 6.93. The Kier molecular flexibility index (Phi) is 5.85. The van der Waals surface area contributed by atoms with Crippen LogP contribution in [0.2, 0.25) is 0 Å². The fourth-order valence-corrected chi connectivity index (χ4v) is 2.32. The van der Waals surface area contributed by atoms with Crippen LogP contribution in [0.5, 0.6) is 5.75 Å². The molecule has 0 saturated carbocycles. The third kappa shape index (κ3) is 4.21. The first-order valence-corrected chi connectivity index (χ1v) is 6.93. The lowest BCUT2D eigenvalue weighted by Crippen LogP contribution is -2.31. The summed E-state index contributed by atoms with van der Waals surface area (Å²) in [4.78, 5) is 0. The number of methoxy groups -OCH3 is 1. The van der Waals surface area contributed by atoms with E-state index < -0.39 is 7.12 Å². The predicted octanol–water partition coefficient (Wildman–Crippen LogP) is 0.461. The molecule has 1 aromatic rings. The van der Waals surface area contributed by atoms with Crippen molar-refractivity contribution in [3.63, 3.8) is 0 Å². The van der Waals surface area contributed by atoms with Crippen molar-refractivity contribution in [2.45, 2.75) is 32.0 Å². The molecule has 2 rings (SSSR count). The maximum Gasteiger partial charge on any atom is 0.492 e. The van der Waals surface area contributed by atoms with E-state index in [1.54, 1.807) is 12.1 Å². The van der Waals surface area contributed by atoms with E-state index in [0.717, 1.165) is 25.0 Å². The van der Waals surface area contributed by atoms with Crippen LogP contribution in [-0.4, -0.2) is 43.6 Å². The molecule has 0 amide bonds. The monoisotopic (exact) mass is 280 g/mol. The molecule has 2 N–H and O–H groups in total. The first-order chi connectivity index (χ1) is 9.70. The van der Waals surface area contributed by atoms with Crippen LogP contribution in [-0.2, 0) is 16.1 Å². The van der Waals surface area contributed by atoms with Crippen LogP contribution in [0.3, 0.4) is 0 Å². The number of rotatable bonds is 6. The summed E-state index contributed by atoms with van der Waals surface area (Å²) >= 11 is 0. The number of ether oxygens (including phenoxy) is 3. The topological polar surface area (TPSA) is 68.2 Å². The van der Waals surface area contributed by atoms with E-state index >= 15 is 0 Å². The summed E-state index contributed by atoms with van der Waals surface area (Å²) in [5.41, 5.74) is 1.23. The van der Waals surface area contributed by atoms with E-state index in [1.165, 1.54) is 13.5 Å². The molecule has 1 unspecified atom stereocenters. The van der Waals surface area contributed by atoms with Crippen molar-refractivity contribution >= 4 is 12.6 Å². The summed E-state index contributed by atoms with van der Waals surface area (Å²) in [6.07, 6.45) is 3.55. The quantitative estimate of drug-likeness (QED) is 0.741. The molecule has 110 valence electrons. The Morgan fingerprint density at radius 2 is 2.20 bits per heavy atom. The number of hydrogen-bond donors (Lipinski definition) is 2. The molecular weight excluding hydrogens is 259 g/mol. The van der Waals surface area contributed by atoms with E-state index in [0.29, 0.717) is 24.4 Å². The molecule has 1 aliphatic heterocycles. The van der Waals surface area contributed by atoms with Gasteiger partial charge in [0, 0.05) is 12.1 Å². The summed E-state index contributed by atoms with van der Waals surface area (Å²) in [7, 11) is -0.0516. The Labute approximate surface area is 119 Å². The van der Waals surface area contributed by atoms with E-state index in [1.807, 2.05) is 6.07 Å². The van der Waals surface area contributed by atoms with Gasteiger partial charge in [-0.3, -0.25) is 0 Å². The van der Waals surface area contributed by atoms with Crippen molar-refractivity contribution in [2.24, 2.45) is 0 Å². The van der Waals surface area contributed by atoms with Crippen LogP contribution in [0.4, 0.5) is 0 Å². The van der Waals surface area contributed by atoms with E-state index in [-0.39, 0.29) is 6.10 Å². The molecule has 1 fully saturated rings. The van der Waals surface area contributed by atoms with Gasteiger partial charge in [-0.05, 0) is 30.9 Å². The second-order valence-electron chi connectivity index (χ2n) is 4.95. The molecule has 5 nitrogen and oxygen atoms in total. The first kappa shape index (κ1) is 15.3. The molecule has 1 aromatic carbocycles.